The maximum Gasteiger partial charge on any atom is 0.338 e. The average molecular weight is 256 g/mol. The van der Waals surface area contributed by atoms with Gasteiger partial charge in [0.25, 0.3) is 0 Å². The van der Waals surface area contributed by atoms with Crippen molar-refractivity contribution in [3.8, 4) is 0 Å². The number of carbonyl (C=O) groups excluding carboxylic acids is 1. The van der Waals surface area contributed by atoms with Gasteiger partial charge in [-0.05, 0) is 50.2 Å². The van der Waals surface area contributed by atoms with Crippen LogP contribution in [0.25, 0.3) is 0 Å². The van der Waals surface area contributed by atoms with Crippen LogP contribution >= 0.6 is 0 Å². The summed E-state index contributed by atoms with van der Waals surface area (Å²) < 4.78 is 4.93. The number of aryl methyl sites for hydroxylation is 1. The fraction of sp³-hybridized carbons (Fsp3) is 0.200. The number of ether oxygens (including phenoxy) is 1. The topological polar surface area (TPSA) is 51.2 Å². The molecule has 0 aliphatic carbocycles. The fourth-order valence-corrected chi connectivity index (χ4v) is 1.66. The van der Waals surface area contributed by atoms with Gasteiger partial charge in [-0.25, -0.2) is 9.78 Å². The van der Waals surface area contributed by atoms with E-state index in [4.69, 9.17) is 4.74 Å². The quantitative estimate of drug-likeness (QED) is 0.853. The first-order valence-corrected chi connectivity index (χ1v) is 6.17. The largest absolute Gasteiger partial charge is 0.462 e. The maximum absolute atomic E-state index is 11.5. The Kier molecular flexibility index (Phi) is 4.13. The summed E-state index contributed by atoms with van der Waals surface area (Å²) in [6.07, 6.45) is 0. The molecule has 1 N–H and O–H groups in total. The molecule has 0 spiro atoms. The van der Waals surface area contributed by atoms with Gasteiger partial charge < -0.3 is 10.1 Å². The molecule has 98 valence electrons. The molecule has 0 aliphatic rings. The molecule has 0 fully saturated rings. The second-order valence-corrected chi connectivity index (χ2v) is 4.09. The van der Waals surface area contributed by atoms with Crippen molar-refractivity contribution < 1.29 is 9.53 Å². The molecule has 1 aromatic carbocycles. The molecule has 0 saturated carbocycles. The van der Waals surface area contributed by atoms with E-state index in [9.17, 15) is 4.79 Å². The standard InChI is InChI=1S/C15H16N2O2/c1-3-19-15(18)12-7-9-13(10-8-12)17-14-6-4-5-11(2)16-14/h4-10H,3H2,1-2H3,(H,16,17). The highest BCUT2D eigenvalue weighted by molar-refractivity contribution is 5.89. The lowest BCUT2D eigenvalue weighted by atomic mass is 10.2. The van der Waals surface area contributed by atoms with E-state index in [1.54, 1.807) is 19.1 Å². The van der Waals surface area contributed by atoms with Crippen LogP contribution in [0.1, 0.15) is 23.0 Å². The third kappa shape index (κ3) is 3.55. The van der Waals surface area contributed by atoms with Crippen LogP contribution in [0.4, 0.5) is 11.5 Å². The van der Waals surface area contributed by atoms with Crippen molar-refractivity contribution >= 4 is 17.5 Å². The molecular formula is C15H16N2O2. The van der Waals surface area contributed by atoms with Gasteiger partial charge in [-0.3, -0.25) is 0 Å². The number of benzene rings is 1. The van der Waals surface area contributed by atoms with E-state index in [1.807, 2.05) is 37.3 Å². The number of nitrogens with one attached hydrogen (secondary N) is 1. The molecular weight excluding hydrogens is 240 g/mol. The Balaban J connectivity index is 2.08. The molecule has 0 bridgehead atoms. The van der Waals surface area contributed by atoms with Gasteiger partial charge in [-0.2, -0.15) is 0 Å². The molecule has 2 rings (SSSR count). The number of nitrogens with zero attached hydrogens (tertiary/aromatic N) is 1. The van der Waals surface area contributed by atoms with Crippen molar-refractivity contribution in [2.24, 2.45) is 0 Å². The van der Waals surface area contributed by atoms with E-state index in [1.165, 1.54) is 0 Å². The SMILES string of the molecule is CCOC(=O)c1ccc(Nc2cccc(C)n2)cc1. The number of hydrogen-bond acceptors (Lipinski definition) is 4. The van der Waals surface area contributed by atoms with Gasteiger partial charge in [0, 0.05) is 11.4 Å². The molecule has 1 aromatic heterocycles. The highest BCUT2D eigenvalue weighted by Gasteiger charge is 2.05. The van der Waals surface area contributed by atoms with Gasteiger partial charge in [0.15, 0.2) is 0 Å². The van der Waals surface area contributed by atoms with Gasteiger partial charge in [0.2, 0.25) is 0 Å². The molecule has 0 saturated heterocycles. The summed E-state index contributed by atoms with van der Waals surface area (Å²) in [5.41, 5.74) is 2.38. The van der Waals surface area contributed by atoms with E-state index in [2.05, 4.69) is 10.3 Å². The zero-order valence-electron chi connectivity index (χ0n) is 11.0. The number of esters is 1. The number of carbonyl (C=O) groups is 1. The Morgan fingerprint density at radius 1 is 1.21 bits per heavy atom. The summed E-state index contributed by atoms with van der Waals surface area (Å²) in [6, 6.07) is 12.9. The minimum atomic E-state index is -0.303. The third-order valence-corrected chi connectivity index (χ3v) is 2.56. The number of anilines is 2. The van der Waals surface area contributed by atoms with Crippen molar-refractivity contribution in [2.75, 3.05) is 11.9 Å². The van der Waals surface area contributed by atoms with E-state index >= 15 is 0 Å². The van der Waals surface area contributed by atoms with Gasteiger partial charge in [0.05, 0.1) is 12.2 Å². The third-order valence-electron chi connectivity index (χ3n) is 2.56. The Bertz CT molecular complexity index is 565. The summed E-state index contributed by atoms with van der Waals surface area (Å²) >= 11 is 0. The minimum absolute atomic E-state index is 0.303. The first-order chi connectivity index (χ1) is 9.19. The summed E-state index contributed by atoms with van der Waals surface area (Å²) in [4.78, 5) is 15.9. The van der Waals surface area contributed by atoms with Crippen LogP contribution in [0.5, 0.6) is 0 Å². The van der Waals surface area contributed by atoms with Gasteiger partial charge in [-0.15, -0.1) is 0 Å². The second kappa shape index (κ2) is 6.00. The minimum Gasteiger partial charge on any atom is -0.462 e. The fourth-order valence-electron chi connectivity index (χ4n) is 1.66. The van der Waals surface area contributed by atoms with Crippen molar-refractivity contribution in [3.63, 3.8) is 0 Å². The van der Waals surface area contributed by atoms with E-state index in [-0.39, 0.29) is 5.97 Å². The highest BCUT2D eigenvalue weighted by atomic mass is 16.5. The summed E-state index contributed by atoms with van der Waals surface area (Å²) in [5.74, 6) is 0.478. The predicted octanol–water partition coefficient (Wildman–Crippen LogP) is 3.31. The van der Waals surface area contributed by atoms with E-state index in [0.717, 1.165) is 17.2 Å². The van der Waals surface area contributed by atoms with Crippen LogP contribution in [0.2, 0.25) is 0 Å². The maximum atomic E-state index is 11.5. The molecule has 1 heterocycles. The molecule has 19 heavy (non-hydrogen) atoms. The number of pyridine rings is 1. The van der Waals surface area contributed by atoms with Gasteiger partial charge in [-0.1, -0.05) is 6.07 Å². The van der Waals surface area contributed by atoms with Gasteiger partial charge >= 0.3 is 5.97 Å². The Morgan fingerprint density at radius 3 is 2.58 bits per heavy atom. The van der Waals surface area contributed by atoms with Crippen molar-refractivity contribution in [1.82, 2.24) is 4.98 Å². The second-order valence-electron chi connectivity index (χ2n) is 4.09. The Hall–Kier alpha value is -2.36. The lowest BCUT2D eigenvalue weighted by molar-refractivity contribution is 0.0526. The first-order valence-electron chi connectivity index (χ1n) is 6.17. The van der Waals surface area contributed by atoms with Gasteiger partial charge in [0.1, 0.15) is 5.82 Å². The summed E-state index contributed by atoms with van der Waals surface area (Å²) in [5, 5.41) is 3.18. The van der Waals surface area contributed by atoms with Crippen molar-refractivity contribution in [3.05, 3.63) is 53.7 Å². The highest BCUT2D eigenvalue weighted by Crippen LogP contribution is 2.16. The zero-order chi connectivity index (χ0) is 13.7. The number of rotatable bonds is 4. The van der Waals surface area contributed by atoms with E-state index < -0.39 is 0 Å². The van der Waals surface area contributed by atoms with Crippen LogP contribution < -0.4 is 5.32 Å². The summed E-state index contributed by atoms with van der Waals surface area (Å²) in [6.45, 7) is 4.11. The lowest BCUT2D eigenvalue weighted by Gasteiger charge is -2.07. The molecule has 4 nitrogen and oxygen atoms in total. The lowest BCUT2D eigenvalue weighted by Crippen LogP contribution is -2.04. The monoisotopic (exact) mass is 256 g/mol. The molecule has 0 radical (unpaired) electrons. The average Bonchev–Trinajstić information content (AvgIpc) is 2.40. The Morgan fingerprint density at radius 2 is 1.95 bits per heavy atom. The predicted molar refractivity (Wildman–Crippen MR) is 74.7 cm³/mol. The molecule has 2 aromatic rings. The van der Waals surface area contributed by atoms with Crippen molar-refractivity contribution in [1.29, 1.82) is 0 Å². The normalized spacial score (nSPS) is 10.0. The van der Waals surface area contributed by atoms with Crippen LogP contribution in [-0.2, 0) is 4.74 Å². The number of hydrogen-bond donors (Lipinski definition) is 1. The molecule has 0 aliphatic heterocycles. The molecule has 0 unspecified atom stereocenters. The van der Waals surface area contributed by atoms with Crippen LogP contribution in [0, 0.1) is 6.92 Å². The van der Waals surface area contributed by atoms with Crippen LogP contribution in [0.3, 0.4) is 0 Å². The van der Waals surface area contributed by atoms with Crippen LogP contribution in [0.15, 0.2) is 42.5 Å². The number of aromatic nitrogens is 1. The van der Waals surface area contributed by atoms with E-state index in [0.29, 0.717) is 12.2 Å². The Labute approximate surface area is 112 Å². The molecule has 0 atom stereocenters. The zero-order valence-corrected chi connectivity index (χ0v) is 11.0. The molecule has 0 amide bonds. The summed E-state index contributed by atoms with van der Waals surface area (Å²) in [7, 11) is 0. The van der Waals surface area contributed by atoms with Crippen LogP contribution in [-0.4, -0.2) is 17.6 Å². The van der Waals surface area contributed by atoms with Crippen molar-refractivity contribution in [2.45, 2.75) is 13.8 Å². The molecule has 4 heteroatoms. The smallest absolute Gasteiger partial charge is 0.338 e. The first kappa shape index (κ1) is 13.1.